The van der Waals surface area contributed by atoms with Crippen molar-refractivity contribution in [1.29, 1.82) is 0 Å². The van der Waals surface area contributed by atoms with E-state index in [-0.39, 0.29) is 0 Å². The van der Waals surface area contributed by atoms with E-state index in [1.807, 2.05) is 12.1 Å². The first-order valence-corrected chi connectivity index (χ1v) is 21.3. The van der Waals surface area contributed by atoms with Crippen LogP contribution in [0.1, 0.15) is 0 Å². The quantitative estimate of drug-likeness (QED) is 0.161. The molecule has 0 saturated heterocycles. The molecule has 0 radical (unpaired) electrons. The summed E-state index contributed by atoms with van der Waals surface area (Å²) in [4.78, 5) is 15.3. The number of benzene rings is 10. The maximum atomic E-state index is 6.74. The van der Waals surface area contributed by atoms with Crippen LogP contribution in [0.5, 0.6) is 0 Å². The predicted octanol–water partition coefficient (Wildman–Crippen LogP) is 15.7. The summed E-state index contributed by atoms with van der Waals surface area (Å²) in [5.41, 5.74) is 13.7. The third kappa shape index (κ3) is 6.53. The highest BCUT2D eigenvalue weighted by Gasteiger charge is 2.19. The van der Waals surface area contributed by atoms with Gasteiger partial charge in [0.15, 0.2) is 17.5 Å². The van der Waals surface area contributed by atoms with Crippen LogP contribution in [0, 0.1) is 0 Å². The summed E-state index contributed by atoms with van der Waals surface area (Å²) in [6.07, 6.45) is 0. The Labute approximate surface area is 364 Å². The van der Waals surface area contributed by atoms with Gasteiger partial charge in [-0.1, -0.05) is 212 Å². The summed E-state index contributed by atoms with van der Waals surface area (Å²) in [5.74, 6) is 1.86. The average Bonchev–Trinajstić information content (AvgIpc) is 3.76. The molecule has 0 fully saturated rings. The Morgan fingerprint density at radius 1 is 0.270 bits per heavy atom. The Balaban J connectivity index is 0.975. The van der Waals surface area contributed by atoms with Crippen molar-refractivity contribution in [2.24, 2.45) is 0 Å². The second-order valence-electron chi connectivity index (χ2n) is 15.9. The maximum absolute atomic E-state index is 6.74. The Hall–Kier alpha value is -8.47. The molecule has 0 aliphatic carbocycles. The number of furan rings is 1. The largest absolute Gasteiger partial charge is 0.455 e. The number of hydrogen-bond acceptors (Lipinski definition) is 4. The highest BCUT2D eigenvalue weighted by atomic mass is 16.3. The second kappa shape index (κ2) is 15.2. The van der Waals surface area contributed by atoms with Crippen molar-refractivity contribution >= 4 is 43.5 Å². The molecular formula is C59H37N3O. The first-order chi connectivity index (χ1) is 31.2. The summed E-state index contributed by atoms with van der Waals surface area (Å²) in [5, 5.41) is 6.85. The number of hydrogen-bond donors (Lipinski definition) is 0. The van der Waals surface area contributed by atoms with Crippen LogP contribution in [0.4, 0.5) is 0 Å². The highest BCUT2D eigenvalue weighted by Crippen LogP contribution is 2.44. The fourth-order valence-electron chi connectivity index (χ4n) is 9.02. The normalized spacial score (nSPS) is 11.5. The van der Waals surface area contributed by atoms with E-state index in [9.17, 15) is 0 Å². The van der Waals surface area contributed by atoms with Crippen LogP contribution in [-0.4, -0.2) is 15.0 Å². The van der Waals surface area contributed by atoms with Gasteiger partial charge < -0.3 is 4.42 Å². The summed E-state index contributed by atoms with van der Waals surface area (Å²) >= 11 is 0. The molecule has 2 heterocycles. The van der Waals surface area contributed by atoms with Crippen LogP contribution in [-0.2, 0) is 0 Å². The molecule has 12 aromatic rings. The standard InChI is InChI=1S/C59H37N3O/c1-3-13-38(14-4-1)40-25-31-44(32-26-40)57-60-58(45-33-27-41(28-34-45)39-15-5-2-6-16-39)62-59(61-57)46-35-29-43(30-36-46)52-37-53-55-50(48-22-11-18-42-17-7-8-19-47(42)48)23-12-24-54(55)63-56(53)51-21-10-9-20-49(51)52/h1-37H. The van der Waals surface area contributed by atoms with Gasteiger partial charge in [-0.3, -0.25) is 0 Å². The van der Waals surface area contributed by atoms with Gasteiger partial charge in [-0.05, 0) is 72.8 Å². The van der Waals surface area contributed by atoms with Crippen molar-refractivity contribution in [3.8, 4) is 78.7 Å². The van der Waals surface area contributed by atoms with Crippen molar-refractivity contribution in [3.05, 3.63) is 224 Å². The molecule has 0 atom stereocenters. The lowest BCUT2D eigenvalue weighted by Gasteiger charge is -2.12. The van der Waals surface area contributed by atoms with Gasteiger partial charge in [0.1, 0.15) is 11.2 Å². The van der Waals surface area contributed by atoms with E-state index in [1.165, 1.54) is 16.3 Å². The van der Waals surface area contributed by atoms with Crippen molar-refractivity contribution in [3.63, 3.8) is 0 Å². The van der Waals surface area contributed by atoms with E-state index in [0.29, 0.717) is 17.5 Å². The Morgan fingerprint density at radius 3 is 1.29 bits per heavy atom. The van der Waals surface area contributed by atoms with Crippen molar-refractivity contribution in [2.75, 3.05) is 0 Å². The molecule has 0 aliphatic heterocycles. The lowest BCUT2D eigenvalue weighted by molar-refractivity contribution is 0.673. The van der Waals surface area contributed by atoms with Gasteiger partial charge in [0.05, 0.1) is 0 Å². The van der Waals surface area contributed by atoms with E-state index in [1.54, 1.807) is 0 Å². The van der Waals surface area contributed by atoms with Crippen LogP contribution in [0.25, 0.3) is 122 Å². The van der Waals surface area contributed by atoms with E-state index in [0.717, 1.165) is 88.3 Å². The molecule has 0 bridgehead atoms. The summed E-state index contributed by atoms with van der Waals surface area (Å²) in [6, 6.07) is 78.7. The molecule has 0 amide bonds. The molecule has 294 valence electrons. The molecule has 0 aliphatic rings. The highest BCUT2D eigenvalue weighted by molar-refractivity contribution is 6.23. The molecule has 0 unspecified atom stereocenters. The van der Waals surface area contributed by atoms with Crippen LogP contribution >= 0.6 is 0 Å². The minimum atomic E-state index is 0.613. The molecule has 2 aromatic heterocycles. The molecule has 4 heteroatoms. The van der Waals surface area contributed by atoms with Crippen LogP contribution in [0.3, 0.4) is 0 Å². The third-order valence-corrected chi connectivity index (χ3v) is 12.2. The third-order valence-electron chi connectivity index (χ3n) is 12.2. The van der Waals surface area contributed by atoms with Gasteiger partial charge >= 0.3 is 0 Å². The summed E-state index contributed by atoms with van der Waals surface area (Å²) < 4.78 is 6.74. The van der Waals surface area contributed by atoms with Crippen molar-refractivity contribution in [2.45, 2.75) is 0 Å². The molecule has 63 heavy (non-hydrogen) atoms. The SMILES string of the molecule is c1ccc(-c2ccc(-c3nc(-c4ccc(-c5ccccc5)cc4)nc(-c4ccc(-c5cc6c(oc7cccc(-c8cccc9ccccc89)c76)c6ccccc56)cc4)n3)cc2)cc1. The van der Waals surface area contributed by atoms with E-state index >= 15 is 0 Å². The summed E-state index contributed by atoms with van der Waals surface area (Å²) in [6.45, 7) is 0. The first kappa shape index (κ1) is 36.4. The van der Waals surface area contributed by atoms with E-state index in [2.05, 4.69) is 212 Å². The number of aromatic nitrogens is 3. The van der Waals surface area contributed by atoms with Gasteiger partial charge in [0.2, 0.25) is 0 Å². The molecular weight excluding hydrogens is 767 g/mol. The predicted molar refractivity (Wildman–Crippen MR) is 260 cm³/mol. The molecule has 0 N–H and O–H groups in total. The smallest absolute Gasteiger partial charge is 0.164 e. The fraction of sp³-hybridized carbons (Fsp3) is 0. The van der Waals surface area contributed by atoms with Gasteiger partial charge in [-0.15, -0.1) is 0 Å². The molecule has 4 nitrogen and oxygen atoms in total. The zero-order valence-corrected chi connectivity index (χ0v) is 34.1. The fourth-order valence-corrected chi connectivity index (χ4v) is 9.02. The zero-order chi connectivity index (χ0) is 41.7. The molecule has 0 spiro atoms. The minimum Gasteiger partial charge on any atom is -0.455 e. The second-order valence-corrected chi connectivity index (χ2v) is 15.9. The maximum Gasteiger partial charge on any atom is 0.164 e. The zero-order valence-electron chi connectivity index (χ0n) is 34.1. The minimum absolute atomic E-state index is 0.613. The van der Waals surface area contributed by atoms with Crippen LogP contribution < -0.4 is 0 Å². The number of fused-ring (bicyclic) bond motifs is 6. The van der Waals surface area contributed by atoms with Crippen molar-refractivity contribution in [1.82, 2.24) is 15.0 Å². The molecule has 0 saturated carbocycles. The van der Waals surface area contributed by atoms with Crippen LogP contribution in [0.2, 0.25) is 0 Å². The number of rotatable bonds is 7. The van der Waals surface area contributed by atoms with Crippen molar-refractivity contribution < 1.29 is 4.42 Å². The Morgan fingerprint density at radius 2 is 0.698 bits per heavy atom. The van der Waals surface area contributed by atoms with Gasteiger partial charge in [0.25, 0.3) is 0 Å². The van der Waals surface area contributed by atoms with Gasteiger partial charge in [-0.25, -0.2) is 15.0 Å². The molecule has 10 aromatic carbocycles. The topological polar surface area (TPSA) is 51.8 Å². The van der Waals surface area contributed by atoms with E-state index < -0.39 is 0 Å². The monoisotopic (exact) mass is 803 g/mol. The Kier molecular flexibility index (Phi) is 8.79. The average molecular weight is 804 g/mol. The molecule has 12 rings (SSSR count). The number of nitrogens with zero attached hydrogens (tertiary/aromatic N) is 3. The lowest BCUT2D eigenvalue weighted by atomic mass is 9.91. The first-order valence-electron chi connectivity index (χ1n) is 21.3. The van der Waals surface area contributed by atoms with E-state index in [4.69, 9.17) is 19.4 Å². The summed E-state index contributed by atoms with van der Waals surface area (Å²) in [7, 11) is 0. The van der Waals surface area contributed by atoms with Crippen LogP contribution in [0.15, 0.2) is 229 Å². The van der Waals surface area contributed by atoms with Gasteiger partial charge in [-0.2, -0.15) is 0 Å². The Bertz CT molecular complexity index is 3530. The lowest BCUT2D eigenvalue weighted by Crippen LogP contribution is -2.00. The van der Waals surface area contributed by atoms with Gasteiger partial charge in [0, 0.05) is 32.8 Å².